The number of aliphatic hydroxyl groups excluding tert-OH is 1. The van der Waals surface area contributed by atoms with Crippen LogP contribution in [0.5, 0.6) is 0 Å². The van der Waals surface area contributed by atoms with Crippen molar-refractivity contribution in [2.24, 2.45) is 99.5 Å². The van der Waals surface area contributed by atoms with E-state index in [0.29, 0.717) is 25.7 Å². The van der Waals surface area contributed by atoms with Gasteiger partial charge in [-0.1, -0.05) is 0 Å². The zero-order valence-corrected chi connectivity index (χ0v) is 55.2. The Morgan fingerprint density at radius 2 is 0.680 bits per heavy atom. The number of nitrogens with one attached hydrogen (secondary N) is 8. The number of amides is 9. The van der Waals surface area contributed by atoms with E-state index < -0.39 is 144 Å². The maximum Gasteiger partial charge on any atom is 0.326 e. The number of nitrogens with two attached hydrogens (primary N) is 13. The van der Waals surface area contributed by atoms with Gasteiger partial charge in [0, 0.05) is 45.7 Å². The van der Waals surface area contributed by atoms with Crippen molar-refractivity contribution in [3.8, 4) is 0 Å². The fourth-order valence-corrected chi connectivity index (χ4v) is 9.79. The number of rotatable bonds is 50. The maximum atomic E-state index is 14.7. The highest BCUT2D eigenvalue weighted by Crippen LogP contribution is 2.20. The van der Waals surface area contributed by atoms with Crippen LogP contribution in [0.3, 0.4) is 0 Å². The van der Waals surface area contributed by atoms with Crippen molar-refractivity contribution in [3.63, 3.8) is 0 Å². The molecule has 0 aromatic carbocycles. The van der Waals surface area contributed by atoms with E-state index in [0.717, 1.165) is 0 Å². The van der Waals surface area contributed by atoms with Gasteiger partial charge < -0.3 is 137 Å². The molecule has 1 rings (SSSR count). The average Bonchev–Trinajstić information content (AvgIpc) is 1.78. The van der Waals surface area contributed by atoms with Crippen molar-refractivity contribution >= 4 is 94.9 Å². The lowest BCUT2D eigenvalue weighted by Gasteiger charge is -2.30. The minimum absolute atomic E-state index is 0.00153. The van der Waals surface area contributed by atoms with Crippen LogP contribution in [0.25, 0.3) is 0 Å². The first kappa shape index (κ1) is 85.4. The Labute approximate surface area is 562 Å². The minimum atomic E-state index is -1.73. The third kappa shape index (κ3) is 36.2. The SMILES string of the molecule is C[C@@H](O)[C@H](N)C(=O)N1CCC[C@H]1C(=O)N[C@@H](CCCN=C(N)N)C(=O)N[C@@H](CCC(=O)O)C(=O)N[C@@H](CCCN=C(N)N)C(=O)N[C@@H](CCCN=C(N)N)C(=O)N[C@@H](CCCN=C(N)N)C(=O)N[C@@H](CCCCN)C(=O)N[C@@H](CCCCN)C(=O)N[C@@H](CCCN=C(N)N)C(=O)O. The van der Waals surface area contributed by atoms with Gasteiger partial charge in [0.05, 0.1) is 6.10 Å². The van der Waals surface area contributed by atoms with Crippen molar-refractivity contribution in [2.45, 2.75) is 202 Å². The number of guanidine groups is 5. The third-order valence-corrected chi connectivity index (χ3v) is 15.0. The molecule has 41 heteroatoms. The zero-order valence-electron chi connectivity index (χ0n) is 55.2. The Morgan fingerprint density at radius 3 is 0.948 bits per heavy atom. The van der Waals surface area contributed by atoms with Crippen LogP contribution in [0, 0.1) is 0 Å². The number of hydrogen-bond donors (Lipinski definition) is 24. The summed E-state index contributed by atoms with van der Waals surface area (Å²) < 4.78 is 0. The summed E-state index contributed by atoms with van der Waals surface area (Å²) in [7, 11) is 0. The lowest BCUT2D eigenvalue weighted by atomic mass is 10.0. The van der Waals surface area contributed by atoms with E-state index in [1.807, 2.05) is 0 Å². The Bertz CT molecular complexity index is 2700. The van der Waals surface area contributed by atoms with Gasteiger partial charge in [-0.15, -0.1) is 0 Å². The van der Waals surface area contributed by atoms with Gasteiger partial charge in [0.25, 0.3) is 0 Å². The first-order valence-corrected chi connectivity index (χ1v) is 32.1. The van der Waals surface area contributed by atoms with Gasteiger partial charge in [0.2, 0.25) is 53.2 Å². The minimum Gasteiger partial charge on any atom is -0.481 e. The van der Waals surface area contributed by atoms with E-state index in [4.69, 9.17) is 74.5 Å². The average molecular weight is 1380 g/mol. The van der Waals surface area contributed by atoms with Gasteiger partial charge in [0.1, 0.15) is 60.4 Å². The fourth-order valence-electron chi connectivity index (χ4n) is 9.79. The molecule has 9 amide bonds. The summed E-state index contributed by atoms with van der Waals surface area (Å²) in [6, 6.07) is -14.6. The number of likely N-dealkylation sites (tertiary alicyclic amines) is 1. The molecule has 41 nitrogen and oxygen atoms in total. The molecule has 0 saturated carbocycles. The third-order valence-electron chi connectivity index (χ3n) is 15.0. The summed E-state index contributed by atoms with van der Waals surface area (Å²) in [5.74, 6) is -12.5. The van der Waals surface area contributed by atoms with Crippen LogP contribution in [0.4, 0.5) is 0 Å². The molecule has 1 aliphatic rings. The number of aliphatic carboxylic acids is 2. The summed E-state index contributed by atoms with van der Waals surface area (Å²) in [5, 5.41) is 50.4. The molecule has 1 heterocycles. The number of hydrogen-bond acceptors (Lipinski definition) is 20. The highest BCUT2D eigenvalue weighted by molar-refractivity contribution is 5.99. The molecule has 0 aromatic rings. The van der Waals surface area contributed by atoms with Gasteiger partial charge >= 0.3 is 11.9 Å². The van der Waals surface area contributed by atoms with Crippen LogP contribution >= 0.6 is 0 Å². The quantitative estimate of drug-likeness (QED) is 0.0153. The monoisotopic (exact) mass is 1380 g/mol. The summed E-state index contributed by atoms with van der Waals surface area (Å²) in [6.07, 6.45) is -1.39. The zero-order chi connectivity index (χ0) is 73.2. The first-order chi connectivity index (χ1) is 45.8. The molecule has 1 fully saturated rings. The van der Waals surface area contributed by atoms with Gasteiger partial charge in [-0.2, -0.15) is 0 Å². The van der Waals surface area contributed by atoms with Crippen LogP contribution in [-0.4, -0.2) is 234 Å². The molecule has 0 spiro atoms. The predicted octanol–water partition coefficient (Wildman–Crippen LogP) is -9.96. The second-order valence-electron chi connectivity index (χ2n) is 23.0. The molecule has 0 aromatic heterocycles. The number of carboxylic acid groups (broad SMARTS) is 2. The molecule has 0 bridgehead atoms. The maximum absolute atomic E-state index is 14.7. The van der Waals surface area contributed by atoms with Crippen LogP contribution in [0.2, 0.25) is 0 Å². The van der Waals surface area contributed by atoms with E-state index >= 15 is 0 Å². The molecule has 97 heavy (non-hydrogen) atoms. The number of carboxylic acids is 2. The Balaban J connectivity index is 3.88. The number of nitrogens with zero attached hydrogens (tertiary/aromatic N) is 6. The number of carbonyl (C=O) groups is 11. The molecule has 0 radical (unpaired) electrons. The molecule has 0 unspecified atom stereocenters. The van der Waals surface area contributed by atoms with E-state index in [-0.39, 0.29) is 172 Å². The van der Waals surface area contributed by atoms with Crippen molar-refractivity contribution < 1.29 is 68.1 Å². The number of aliphatic imine (C=N–C) groups is 5. The highest BCUT2D eigenvalue weighted by Gasteiger charge is 2.40. The second kappa shape index (κ2) is 47.3. The largest absolute Gasteiger partial charge is 0.481 e. The molecule has 550 valence electrons. The number of carbonyl (C=O) groups excluding carboxylic acids is 9. The van der Waals surface area contributed by atoms with Crippen LogP contribution in [0.15, 0.2) is 25.0 Å². The van der Waals surface area contributed by atoms with E-state index in [1.54, 1.807) is 0 Å². The van der Waals surface area contributed by atoms with Crippen molar-refractivity contribution in [3.05, 3.63) is 0 Å². The molecule has 1 aliphatic heterocycles. The van der Waals surface area contributed by atoms with Crippen molar-refractivity contribution in [1.29, 1.82) is 0 Å². The summed E-state index contributed by atoms with van der Waals surface area (Å²) in [6.45, 7) is 1.62. The predicted molar refractivity (Wildman–Crippen MR) is 360 cm³/mol. The van der Waals surface area contributed by atoms with E-state index in [2.05, 4.69) is 67.5 Å². The van der Waals surface area contributed by atoms with Gasteiger partial charge in [0.15, 0.2) is 29.8 Å². The standard InChI is InChI=1S/C56H107N27O14/c1-30(84)41(59)50(95)83-29-11-19-39(83)49(94)81-36(17-9-27-73-55(66)67)46(91)80-37(20-21-40(85)86)48(93)79-35(16-8-26-72-54(64)65)45(90)78-34(15-7-25-71-53(62)63)44(89)77-33(14-6-24-70-52(60)61)43(88)75-31(12-2-4-22-57)42(87)76-32(13-3-5-23-58)47(92)82-38(51(96)97)18-10-28-74-56(68)69/h30-39,41,84H,2-29,57-59H2,1H3,(H,75,88)(H,76,87)(H,77,89)(H,78,90)(H,79,93)(H,80,91)(H,81,94)(H,82,92)(H,85,86)(H,96,97)(H4,60,61,70)(H4,62,63,71)(H4,64,65,72)(H4,66,67,73)(H4,68,69,74)/t30-,31+,32+,33+,34+,35+,36+,37+,38+,39+,41+/m1/s1. The Kier molecular flexibility index (Phi) is 41.6. The molecule has 1 saturated heterocycles. The first-order valence-electron chi connectivity index (χ1n) is 32.1. The molecule has 0 aliphatic carbocycles. The normalized spacial score (nSPS) is 15.6. The van der Waals surface area contributed by atoms with Gasteiger partial charge in [-0.3, -0.25) is 72.9 Å². The topological polar surface area (TPSA) is 748 Å². The lowest BCUT2D eigenvalue weighted by molar-refractivity contribution is -0.142. The second-order valence-corrected chi connectivity index (χ2v) is 23.0. The summed E-state index contributed by atoms with van der Waals surface area (Å²) >= 11 is 0. The van der Waals surface area contributed by atoms with Crippen LogP contribution in [0.1, 0.15) is 135 Å². The summed E-state index contributed by atoms with van der Waals surface area (Å²) in [5.41, 5.74) is 72.6. The molecular formula is C56H107N27O14. The molecular weight excluding hydrogens is 1270 g/mol. The Hall–Kier alpha value is -9.64. The van der Waals surface area contributed by atoms with Gasteiger partial charge in [-0.25, -0.2) is 4.79 Å². The van der Waals surface area contributed by atoms with Crippen molar-refractivity contribution in [1.82, 2.24) is 47.4 Å². The van der Waals surface area contributed by atoms with Crippen molar-refractivity contribution in [2.75, 3.05) is 52.4 Å². The molecule has 11 atom stereocenters. The Morgan fingerprint density at radius 1 is 0.412 bits per heavy atom. The van der Waals surface area contributed by atoms with Gasteiger partial charge in [-0.05, 0) is 142 Å². The highest BCUT2D eigenvalue weighted by atomic mass is 16.4. The fraction of sp³-hybridized carbons (Fsp3) is 0.714. The number of unbranched alkanes of at least 4 members (excludes halogenated alkanes) is 2. The van der Waals surface area contributed by atoms with Crippen LogP contribution < -0.4 is 117 Å². The lowest BCUT2D eigenvalue weighted by Crippen LogP contribution is -2.60. The van der Waals surface area contributed by atoms with E-state index in [1.165, 1.54) is 11.8 Å². The molecule has 37 N–H and O–H groups in total. The summed E-state index contributed by atoms with van der Waals surface area (Å²) in [4.78, 5) is 173. The van der Waals surface area contributed by atoms with E-state index in [9.17, 15) is 68.1 Å². The number of aliphatic hydroxyl groups is 1. The smallest absolute Gasteiger partial charge is 0.326 e. The van der Waals surface area contributed by atoms with Crippen LogP contribution in [-0.2, 0) is 52.7 Å².